The standard InChI is InChI=1S/C18H25N3O4S/c22-17-9-10-18(23)21(17)15-5-7-16(8-6-15)26(24,25)19-11-4-14-20-12-2-1-3-13-20/h5-8,19H,1-4,9-14H2. The second-order valence-electron chi connectivity index (χ2n) is 6.77. The van der Waals surface area contributed by atoms with E-state index in [1.54, 1.807) is 0 Å². The number of amides is 2. The topological polar surface area (TPSA) is 86.8 Å². The zero-order valence-corrected chi connectivity index (χ0v) is 15.6. The summed E-state index contributed by atoms with van der Waals surface area (Å²) in [4.78, 5) is 27.1. The summed E-state index contributed by atoms with van der Waals surface area (Å²) in [5, 5.41) is 0. The Bertz CT molecular complexity index is 739. The molecule has 26 heavy (non-hydrogen) atoms. The Kier molecular flexibility index (Phi) is 6.05. The van der Waals surface area contributed by atoms with Crippen LogP contribution in [0.1, 0.15) is 38.5 Å². The summed E-state index contributed by atoms with van der Waals surface area (Å²) in [6.45, 7) is 3.49. The molecule has 1 aromatic rings. The zero-order chi connectivity index (χ0) is 18.6. The smallest absolute Gasteiger partial charge is 0.240 e. The lowest BCUT2D eigenvalue weighted by atomic mass is 10.1. The lowest BCUT2D eigenvalue weighted by molar-refractivity contribution is -0.121. The first-order chi connectivity index (χ1) is 12.5. The second-order valence-corrected chi connectivity index (χ2v) is 8.54. The van der Waals surface area contributed by atoms with E-state index in [9.17, 15) is 18.0 Å². The van der Waals surface area contributed by atoms with E-state index in [4.69, 9.17) is 0 Å². The summed E-state index contributed by atoms with van der Waals surface area (Å²) in [6.07, 6.45) is 4.91. The minimum atomic E-state index is -3.59. The third-order valence-electron chi connectivity index (χ3n) is 4.85. The first kappa shape index (κ1) is 19.0. The van der Waals surface area contributed by atoms with E-state index in [-0.39, 0.29) is 29.6 Å². The van der Waals surface area contributed by atoms with Crippen LogP contribution in [0.2, 0.25) is 0 Å². The third-order valence-corrected chi connectivity index (χ3v) is 6.33. The summed E-state index contributed by atoms with van der Waals surface area (Å²) < 4.78 is 27.4. The van der Waals surface area contributed by atoms with Gasteiger partial charge in [-0.15, -0.1) is 0 Å². The number of carbonyl (C=O) groups excluding carboxylic acids is 2. The van der Waals surface area contributed by atoms with Crippen molar-refractivity contribution in [2.24, 2.45) is 0 Å². The van der Waals surface area contributed by atoms with Crippen LogP contribution in [0.5, 0.6) is 0 Å². The van der Waals surface area contributed by atoms with Crippen molar-refractivity contribution in [2.45, 2.75) is 43.4 Å². The van der Waals surface area contributed by atoms with Crippen LogP contribution in [0.3, 0.4) is 0 Å². The molecule has 2 aliphatic heterocycles. The molecule has 2 amide bonds. The molecule has 2 heterocycles. The van der Waals surface area contributed by atoms with Gasteiger partial charge >= 0.3 is 0 Å². The largest absolute Gasteiger partial charge is 0.303 e. The molecule has 2 saturated heterocycles. The predicted octanol–water partition coefficient (Wildman–Crippen LogP) is 1.49. The fourth-order valence-electron chi connectivity index (χ4n) is 3.41. The van der Waals surface area contributed by atoms with E-state index in [1.165, 1.54) is 43.5 Å². The molecule has 2 fully saturated rings. The normalized spacial score (nSPS) is 19.3. The summed E-state index contributed by atoms with van der Waals surface area (Å²) in [7, 11) is -3.59. The van der Waals surface area contributed by atoms with Gasteiger partial charge in [0.15, 0.2) is 0 Å². The van der Waals surface area contributed by atoms with E-state index in [2.05, 4.69) is 9.62 Å². The molecule has 1 N–H and O–H groups in total. The molecule has 0 atom stereocenters. The Balaban J connectivity index is 1.53. The zero-order valence-electron chi connectivity index (χ0n) is 14.8. The van der Waals surface area contributed by atoms with E-state index in [1.807, 2.05) is 0 Å². The number of benzene rings is 1. The average molecular weight is 379 g/mol. The van der Waals surface area contributed by atoms with Gasteiger partial charge in [-0.1, -0.05) is 6.42 Å². The SMILES string of the molecule is O=C1CCC(=O)N1c1ccc(S(=O)(=O)NCCCN2CCCCC2)cc1. The van der Waals surface area contributed by atoms with Crippen molar-refractivity contribution in [1.29, 1.82) is 0 Å². The molecule has 0 bridgehead atoms. The molecule has 0 aliphatic carbocycles. The predicted molar refractivity (Wildman–Crippen MR) is 98.3 cm³/mol. The molecule has 0 saturated carbocycles. The Morgan fingerprint density at radius 1 is 0.923 bits per heavy atom. The van der Waals surface area contributed by atoms with Crippen molar-refractivity contribution in [3.8, 4) is 0 Å². The maximum absolute atomic E-state index is 12.4. The second kappa shape index (κ2) is 8.28. The Morgan fingerprint density at radius 3 is 2.15 bits per heavy atom. The van der Waals surface area contributed by atoms with Gasteiger partial charge in [0.2, 0.25) is 21.8 Å². The van der Waals surface area contributed by atoms with Crippen LogP contribution in [0, 0.1) is 0 Å². The fourth-order valence-corrected chi connectivity index (χ4v) is 4.49. The number of hydrogen-bond donors (Lipinski definition) is 1. The van der Waals surface area contributed by atoms with Gasteiger partial charge in [-0.05, 0) is 63.2 Å². The van der Waals surface area contributed by atoms with Gasteiger partial charge in [0.05, 0.1) is 10.6 Å². The summed E-state index contributed by atoms with van der Waals surface area (Å²) in [5.41, 5.74) is 0.418. The van der Waals surface area contributed by atoms with Crippen LogP contribution in [0.25, 0.3) is 0 Å². The number of sulfonamides is 1. The van der Waals surface area contributed by atoms with E-state index in [0.29, 0.717) is 12.2 Å². The van der Waals surface area contributed by atoms with E-state index in [0.717, 1.165) is 31.0 Å². The Hall–Kier alpha value is -1.77. The molecule has 7 nitrogen and oxygen atoms in total. The van der Waals surface area contributed by atoms with Gasteiger partial charge in [-0.2, -0.15) is 0 Å². The van der Waals surface area contributed by atoms with Crippen molar-refractivity contribution >= 4 is 27.5 Å². The molecule has 0 aromatic heterocycles. The molecule has 8 heteroatoms. The Labute approximate surface area is 154 Å². The van der Waals surface area contributed by atoms with Crippen LogP contribution in [-0.2, 0) is 19.6 Å². The molecule has 1 aromatic carbocycles. The van der Waals surface area contributed by atoms with Gasteiger partial charge in [0.25, 0.3) is 0 Å². The molecular formula is C18H25N3O4S. The highest BCUT2D eigenvalue weighted by Crippen LogP contribution is 2.23. The number of carbonyl (C=O) groups is 2. The highest BCUT2D eigenvalue weighted by Gasteiger charge is 2.30. The quantitative estimate of drug-likeness (QED) is 0.573. The monoisotopic (exact) mass is 379 g/mol. The Morgan fingerprint density at radius 2 is 1.54 bits per heavy atom. The minimum Gasteiger partial charge on any atom is -0.303 e. The highest BCUT2D eigenvalue weighted by atomic mass is 32.2. The maximum Gasteiger partial charge on any atom is 0.240 e. The average Bonchev–Trinajstić information content (AvgIpc) is 2.98. The lowest BCUT2D eigenvalue weighted by Gasteiger charge is -2.26. The number of piperidine rings is 1. The van der Waals surface area contributed by atoms with Gasteiger partial charge in [-0.3, -0.25) is 14.5 Å². The number of anilines is 1. The molecule has 2 aliphatic rings. The van der Waals surface area contributed by atoms with Gasteiger partial charge in [0.1, 0.15) is 0 Å². The summed E-state index contributed by atoms with van der Waals surface area (Å²) in [5.74, 6) is -0.497. The van der Waals surface area contributed by atoms with Gasteiger partial charge < -0.3 is 4.90 Å². The molecular weight excluding hydrogens is 354 g/mol. The van der Waals surface area contributed by atoms with E-state index < -0.39 is 10.0 Å². The number of likely N-dealkylation sites (tertiary alicyclic amines) is 1. The van der Waals surface area contributed by atoms with Crippen molar-refractivity contribution in [1.82, 2.24) is 9.62 Å². The first-order valence-electron chi connectivity index (χ1n) is 9.15. The third kappa shape index (κ3) is 4.49. The van der Waals surface area contributed by atoms with Gasteiger partial charge in [-0.25, -0.2) is 13.1 Å². The van der Waals surface area contributed by atoms with Crippen molar-refractivity contribution < 1.29 is 18.0 Å². The molecule has 3 rings (SSSR count). The minimum absolute atomic E-state index is 0.137. The van der Waals surface area contributed by atoms with Crippen LogP contribution < -0.4 is 9.62 Å². The first-order valence-corrected chi connectivity index (χ1v) is 10.6. The van der Waals surface area contributed by atoms with Crippen LogP contribution in [0.15, 0.2) is 29.2 Å². The molecule has 142 valence electrons. The number of nitrogens with zero attached hydrogens (tertiary/aromatic N) is 2. The van der Waals surface area contributed by atoms with Crippen molar-refractivity contribution in [3.63, 3.8) is 0 Å². The lowest BCUT2D eigenvalue weighted by Crippen LogP contribution is -2.33. The summed E-state index contributed by atoms with van der Waals surface area (Å²) in [6, 6.07) is 5.87. The number of rotatable bonds is 7. The van der Waals surface area contributed by atoms with Crippen LogP contribution >= 0.6 is 0 Å². The van der Waals surface area contributed by atoms with Gasteiger partial charge in [0, 0.05) is 19.4 Å². The van der Waals surface area contributed by atoms with Crippen LogP contribution in [0.4, 0.5) is 5.69 Å². The van der Waals surface area contributed by atoms with Crippen molar-refractivity contribution in [2.75, 3.05) is 31.1 Å². The number of nitrogens with one attached hydrogen (secondary N) is 1. The van der Waals surface area contributed by atoms with Crippen LogP contribution in [-0.4, -0.2) is 51.3 Å². The maximum atomic E-state index is 12.4. The fraction of sp³-hybridized carbons (Fsp3) is 0.556. The molecule has 0 unspecified atom stereocenters. The summed E-state index contributed by atoms with van der Waals surface area (Å²) >= 11 is 0. The van der Waals surface area contributed by atoms with Crippen molar-refractivity contribution in [3.05, 3.63) is 24.3 Å². The van der Waals surface area contributed by atoms with E-state index >= 15 is 0 Å². The molecule has 0 radical (unpaired) electrons. The number of imide groups is 1. The highest BCUT2D eigenvalue weighted by molar-refractivity contribution is 7.89. The molecule has 0 spiro atoms. The number of hydrogen-bond acceptors (Lipinski definition) is 5.